The van der Waals surface area contributed by atoms with Crippen LogP contribution >= 0.6 is 0 Å². The van der Waals surface area contributed by atoms with Crippen LogP contribution in [0.4, 0.5) is 4.39 Å². The Hall–Kier alpha value is -1.35. The quantitative estimate of drug-likeness (QED) is 0.796. The minimum atomic E-state index is -0.217. The largest absolute Gasteiger partial charge is 0.376 e. The highest BCUT2D eigenvalue weighted by molar-refractivity contribution is 5.80. The van der Waals surface area contributed by atoms with Gasteiger partial charge in [-0.1, -0.05) is 12.1 Å². The number of rotatable bonds is 3. The zero-order valence-corrected chi connectivity index (χ0v) is 8.01. The van der Waals surface area contributed by atoms with Gasteiger partial charge in [-0.2, -0.15) is 0 Å². The summed E-state index contributed by atoms with van der Waals surface area (Å²) in [5.41, 5.74) is 1.47. The Morgan fingerprint density at radius 2 is 2.29 bits per heavy atom. The molecule has 0 aliphatic carbocycles. The van der Waals surface area contributed by atoms with Gasteiger partial charge in [0.15, 0.2) is 0 Å². The maximum absolute atomic E-state index is 13.2. The molecule has 0 aliphatic heterocycles. The Morgan fingerprint density at radius 1 is 1.43 bits per heavy atom. The molecule has 0 amide bonds. The zero-order valence-electron chi connectivity index (χ0n) is 8.01. The SMILES string of the molecule is CCOCc1cc2cccc(F)c2[nH]1. The van der Waals surface area contributed by atoms with Crippen molar-refractivity contribution in [3.8, 4) is 0 Å². The molecule has 0 atom stereocenters. The molecule has 0 spiro atoms. The van der Waals surface area contributed by atoms with Gasteiger partial charge in [-0.3, -0.25) is 0 Å². The molecule has 14 heavy (non-hydrogen) atoms. The van der Waals surface area contributed by atoms with E-state index in [2.05, 4.69) is 4.98 Å². The number of para-hydroxylation sites is 1. The number of halogens is 1. The molecule has 0 unspecified atom stereocenters. The highest BCUT2D eigenvalue weighted by Gasteiger charge is 2.04. The summed E-state index contributed by atoms with van der Waals surface area (Å²) in [6, 6.07) is 6.94. The fourth-order valence-corrected chi connectivity index (χ4v) is 1.47. The van der Waals surface area contributed by atoms with Crippen LogP contribution in [0.15, 0.2) is 24.3 Å². The summed E-state index contributed by atoms with van der Waals surface area (Å²) in [7, 11) is 0. The van der Waals surface area contributed by atoms with Crippen molar-refractivity contribution in [2.24, 2.45) is 0 Å². The van der Waals surface area contributed by atoms with Gasteiger partial charge in [0.2, 0.25) is 0 Å². The van der Waals surface area contributed by atoms with Crippen molar-refractivity contribution >= 4 is 10.9 Å². The number of ether oxygens (including phenoxy) is 1. The molecule has 0 saturated carbocycles. The number of nitrogens with one attached hydrogen (secondary N) is 1. The highest BCUT2D eigenvalue weighted by atomic mass is 19.1. The number of hydrogen-bond acceptors (Lipinski definition) is 1. The van der Waals surface area contributed by atoms with Gasteiger partial charge in [-0.15, -0.1) is 0 Å². The van der Waals surface area contributed by atoms with Gasteiger partial charge >= 0.3 is 0 Å². The number of hydrogen-bond donors (Lipinski definition) is 1. The molecular weight excluding hydrogens is 181 g/mol. The van der Waals surface area contributed by atoms with Crippen LogP contribution in [0.5, 0.6) is 0 Å². The van der Waals surface area contributed by atoms with Crippen LogP contribution in [0.25, 0.3) is 10.9 Å². The average molecular weight is 193 g/mol. The molecule has 0 saturated heterocycles. The molecule has 3 heteroatoms. The molecule has 2 nitrogen and oxygen atoms in total. The number of fused-ring (bicyclic) bond motifs is 1. The molecule has 2 rings (SSSR count). The molecule has 1 heterocycles. The first-order valence-electron chi connectivity index (χ1n) is 4.65. The standard InChI is InChI=1S/C11H12FNO/c1-2-14-7-9-6-8-4-3-5-10(12)11(8)13-9/h3-6,13H,2,7H2,1H3. The van der Waals surface area contributed by atoms with Gasteiger partial charge in [0, 0.05) is 17.7 Å². The van der Waals surface area contributed by atoms with E-state index in [1.54, 1.807) is 6.07 Å². The van der Waals surface area contributed by atoms with Crippen molar-refractivity contribution in [3.05, 3.63) is 35.8 Å². The Morgan fingerprint density at radius 3 is 3.00 bits per heavy atom. The third-order valence-corrected chi connectivity index (χ3v) is 2.12. The Labute approximate surface area is 81.7 Å². The van der Waals surface area contributed by atoms with Crippen molar-refractivity contribution in [3.63, 3.8) is 0 Å². The van der Waals surface area contributed by atoms with Crippen LogP contribution in [-0.2, 0) is 11.3 Å². The second-order valence-corrected chi connectivity index (χ2v) is 3.14. The number of aromatic nitrogens is 1. The minimum absolute atomic E-state index is 0.217. The second kappa shape index (κ2) is 3.80. The van der Waals surface area contributed by atoms with E-state index >= 15 is 0 Å². The molecule has 1 N–H and O–H groups in total. The van der Waals surface area contributed by atoms with E-state index in [-0.39, 0.29) is 5.82 Å². The molecule has 74 valence electrons. The molecule has 0 aliphatic rings. The van der Waals surface area contributed by atoms with Crippen molar-refractivity contribution in [1.29, 1.82) is 0 Å². The molecular formula is C11H12FNO. The van der Waals surface area contributed by atoms with Gasteiger partial charge in [0.25, 0.3) is 0 Å². The fraction of sp³-hybridized carbons (Fsp3) is 0.273. The van der Waals surface area contributed by atoms with Crippen LogP contribution in [0.1, 0.15) is 12.6 Å². The van der Waals surface area contributed by atoms with Crippen LogP contribution in [0.2, 0.25) is 0 Å². The Kier molecular flexibility index (Phi) is 2.50. The third kappa shape index (κ3) is 1.63. The van der Waals surface area contributed by atoms with Crippen molar-refractivity contribution in [2.75, 3.05) is 6.61 Å². The average Bonchev–Trinajstić information content (AvgIpc) is 2.59. The maximum Gasteiger partial charge on any atom is 0.147 e. The van der Waals surface area contributed by atoms with Crippen LogP contribution in [0.3, 0.4) is 0 Å². The number of aromatic amines is 1. The third-order valence-electron chi connectivity index (χ3n) is 2.12. The lowest BCUT2D eigenvalue weighted by molar-refractivity contribution is 0.132. The molecule has 1 aromatic heterocycles. The summed E-state index contributed by atoms with van der Waals surface area (Å²) >= 11 is 0. The number of benzene rings is 1. The van der Waals surface area contributed by atoms with Gasteiger partial charge in [-0.25, -0.2) is 4.39 Å². The molecule has 1 aromatic carbocycles. The number of H-pyrrole nitrogens is 1. The van der Waals surface area contributed by atoms with E-state index in [1.165, 1.54) is 6.07 Å². The molecule has 2 aromatic rings. The lowest BCUT2D eigenvalue weighted by Crippen LogP contribution is -1.91. The van der Waals surface area contributed by atoms with E-state index in [0.29, 0.717) is 18.7 Å². The van der Waals surface area contributed by atoms with Crippen LogP contribution in [0, 0.1) is 5.82 Å². The summed E-state index contributed by atoms with van der Waals surface area (Å²) in [5.74, 6) is -0.217. The first-order chi connectivity index (χ1) is 6.81. The first kappa shape index (κ1) is 9.21. The Balaban J connectivity index is 2.36. The predicted octanol–water partition coefficient (Wildman–Crippen LogP) is 2.84. The smallest absolute Gasteiger partial charge is 0.147 e. The fourth-order valence-electron chi connectivity index (χ4n) is 1.47. The lowest BCUT2D eigenvalue weighted by Gasteiger charge is -1.96. The molecule has 0 radical (unpaired) electrons. The van der Waals surface area contributed by atoms with Crippen LogP contribution in [-0.4, -0.2) is 11.6 Å². The predicted molar refractivity (Wildman–Crippen MR) is 53.6 cm³/mol. The summed E-state index contributed by atoms with van der Waals surface area (Å²) in [5, 5.41) is 0.889. The Bertz CT molecular complexity index is 436. The van der Waals surface area contributed by atoms with Crippen molar-refractivity contribution in [1.82, 2.24) is 4.98 Å². The maximum atomic E-state index is 13.2. The molecule has 0 bridgehead atoms. The van der Waals surface area contributed by atoms with Crippen LogP contribution < -0.4 is 0 Å². The van der Waals surface area contributed by atoms with Crippen molar-refractivity contribution < 1.29 is 9.13 Å². The van der Waals surface area contributed by atoms with E-state index in [4.69, 9.17) is 4.74 Å². The van der Waals surface area contributed by atoms with Gasteiger partial charge in [0.1, 0.15) is 5.82 Å². The van der Waals surface area contributed by atoms with E-state index in [1.807, 2.05) is 19.1 Å². The van der Waals surface area contributed by atoms with Gasteiger partial charge < -0.3 is 9.72 Å². The van der Waals surface area contributed by atoms with Gasteiger partial charge in [-0.05, 0) is 19.1 Å². The van der Waals surface area contributed by atoms with E-state index in [0.717, 1.165) is 11.1 Å². The summed E-state index contributed by atoms with van der Waals surface area (Å²) in [6.45, 7) is 3.10. The normalized spacial score (nSPS) is 11.0. The van der Waals surface area contributed by atoms with E-state index in [9.17, 15) is 4.39 Å². The molecule has 0 fully saturated rings. The second-order valence-electron chi connectivity index (χ2n) is 3.14. The topological polar surface area (TPSA) is 25.0 Å². The lowest BCUT2D eigenvalue weighted by atomic mass is 10.2. The van der Waals surface area contributed by atoms with Crippen molar-refractivity contribution in [2.45, 2.75) is 13.5 Å². The zero-order chi connectivity index (χ0) is 9.97. The van der Waals surface area contributed by atoms with E-state index < -0.39 is 0 Å². The monoisotopic (exact) mass is 193 g/mol. The summed E-state index contributed by atoms with van der Waals surface area (Å²) < 4.78 is 18.5. The first-order valence-corrected chi connectivity index (χ1v) is 4.65. The minimum Gasteiger partial charge on any atom is -0.376 e. The summed E-state index contributed by atoms with van der Waals surface area (Å²) in [4.78, 5) is 3.00. The highest BCUT2D eigenvalue weighted by Crippen LogP contribution is 2.18. The summed E-state index contributed by atoms with van der Waals surface area (Å²) in [6.07, 6.45) is 0. The van der Waals surface area contributed by atoms with Gasteiger partial charge in [0.05, 0.1) is 12.1 Å².